The van der Waals surface area contributed by atoms with Crippen LogP contribution in [-0.2, 0) is 6.54 Å². The molecule has 0 aliphatic rings. The fourth-order valence-electron chi connectivity index (χ4n) is 1.49. The number of ether oxygens (including phenoxy) is 1. The van der Waals surface area contributed by atoms with Gasteiger partial charge in [-0.05, 0) is 6.07 Å². The van der Waals surface area contributed by atoms with Gasteiger partial charge in [-0.25, -0.2) is 0 Å². The minimum atomic E-state index is -4.70. The van der Waals surface area contributed by atoms with Crippen LogP contribution in [0, 0.1) is 0 Å². The van der Waals surface area contributed by atoms with Crippen LogP contribution in [0.3, 0.4) is 0 Å². The van der Waals surface area contributed by atoms with Crippen molar-refractivity contribution in [1.29, 1.82) is 0 Å². The molecule has 1 rings (SSSR count). The van der Waals surface area contributed by atoms with Crippen LogP contribution in [0.1, 0.15) is 5.56 Å². The van der Waals surface area contributed by atoms with E-state index < -0.39 is 6.36 Å². The van der Waals surface area contributed by atoms with Crippen molar-refractivity contribution in [3.63, 3.8) is 0 Å². The first-order valence-corrected chi connectivity index (χ1v) is 5.55. The predicted molar refractivity (Wildman–Crippen MR) is 82.4 cm³/mol. The van der Waals surface area contributed by atoms with E-state index in [0.717, 1.165) is 0 Å². The van der Waals surface area contributed by atoms with Gasteiger partial charge in [0, 0.05) is 33.3 Å². The highest BCUT2D eigenvalue weighted by molar-refractivity contribution is 14.0. The zero-order valence-electron chi connectivity index (χ0n) is 11.4. The Morgan fingerprint density at radius 2 is 1.90 bits per heavy atom. The van der Waals surface area contributed by atoms with E-state index >= 15 is 0 Å². The Balaban J connectivity index is 0.00000361. The first kappa shape index (κ1) is 18.8. The number of nitrogens with one attached hydrogen (secondary N) is 1. The lowest BCUT2D eigenvalue weighted by Crippen LogP contribution is -2.35. The SMILES string of the molecule is CN=C(NCc1ccccc1OC(F)(F)F)N(C)C.I. The van der Waals surface area contributed by atoms with E-state index in [2.05, 4.69) is 15.0 Å². The highest BCUT2D eigenvalue weighted by Gasteiger charge is 2.31. The van der Waals surface area contributed by atoms with E-state index in [1.165, 1.54) is 12.1 Å². The van der Waals surface area contributed by atoms with Crippen molar-refractivity contribution in [3.05, 3.63) is 29.8 Å². The van der Waals surface area contributed by atoms with Gasteiger partial charge in [-0.3, -0.25) is 4.99 Å². The molecule has 0 spiro atoms. The first-order valence-electron chi connectivity index (χ1n) is 5.55. The maximum Gasteiger partial charge on any atom is 0.573 e. The summed E-state index contributed by atoms with van der Waals surface area (Å²) < 4.78 is 40.7. The molecule has 0 amide bonds. The van der Waals surface area contributed by atoms with Gasteiger partial charge in [0.2, 0.25) is 0 Å². The van der Waals surface area contributed by atoms with Gasteiger partial charge in [-0.2, -0.15) is 0 Å². The second kappa shape index (κ2) is 8.18. The topological polar surface area (TPSA) is 36.9 Å². The maximum atomic E-state index is 12.2. The normalized spacial score (nSPS) is 11.6. The largest absolute Gasteiger partial charge is 0.573 e. The average Bonchev–Trinajstić information content (AvgIpc) is 2.29. The van der Waals surface area contributed by atoms with E-state index in [1.54, 1.807) is 38.2 Å². The second-order valence-electron chi connectivity index (χ2n) is 3.95. The number of hydrogen-bond donors (Lipinski definition) is 1. The van der Waals surface area contributed by atoms with Gasteiger partial charge < -0.3 is 15.0 Å². The van der Waals surface area contributed by atoms with Crippen molar-refractivity contribution < 1.29 is 17.9 Å². The molecule has 20 heavy (non-hydrogen) atoms. The summed E-state index contributed by atoms with van der Waals surface area (Å²) in [7, 11) is 5.17. The van der Waals surface area contributed by atoms with Gasteiger partial charge >= 0.3 is 6.36 Å². The van der Waals surface area contributed by atoms with Crippen LogP contribution in [0.25, 0.3) is 0 Å². The van der Waals surface area contributed by atoms with Crippen LogP contribution in [0.5, 0.6) is 5.75 Å². The molecule has 8 heteroatoms. The molecule has 0 atom stereocenters. The molecular weight excluding hydrogens is 386 g/mol. The van der Waals surface area contributed by atoms with Crippen molar-refractivity contribution in [2.24, 2.45) is 4.99 Å². The van der Waals surface area contributed by atoms with Crippen LogP contribution in [0.15, 0.2) is 29.3 Å². The third kappa shape index (κ3) is 6.31. The second-order valence-corrected chi connectivity index (χ2v) is 3.95. The van der Waals surface area contributed by atoms with E-state index in [4.69, 9.17) is 0 Å². The van der Waals surface area contributed by atoms with Gasteiger partial charge in [0.1, 0.15) is 5.75 Å². The lowest BCUT2D eigenvalue weighted by molar-refractivity contribution is -0.274. The molecular formula is C12H17F3IN3O. The summed E-state index contributed by atoms with van der Waals surface area (Å²) in [4.78, 5) is 5.70. The molecule has 4 nitrogen and oxygen atoms in total. The molecule has 0 saturated carbocycles. The Morgan fingerprint density at radius 1 is 1.30 bits per heavy atom. The van der Waals surface area contributed by atoms with Gasteiger partial charge in [0.15, 0.2) is 5.96 Å². The Kier molecular flexibility index (Phi) is 7.69. The van der Waals surface area contributed by atoms with Gasteiger partial charge in [-0.1, -0.05) is 18.2 Å². The Morgan fingerprint density at radius 3 is 2.40 bits per heavy atom. The molecule has 1 aromatic rings. The Hall–Kier alpha value is -1.19. The minimum absolute atomic E-state index is 0. The zero-order valence-corrected chi connectivity index (χ0v) is 13.7. The molecule has 0 aromatic heterocycles. The number of rotatable bonds is 3. The Labute approximate surface area is 133 Å². The number of nitrogens with zero attached hydrogens (tertiary/aromatic N) is 2. The maximum absolute atomic E-state index is 12.2. The van der Waals surface area contributed by atoms with Crippen LogP contribution < -0.4 is 10.1 Å². The summed E-state index contributed by atoms with van der Waals surface area (Å²) in [6.07, 6.45) is -4.70. The molecule has 114 valence electrons. The predicted octanol–water partition coefficient (Wildman–Crippen LogP) is 2.84. The summed E-state index contributed by atoms with van der Waals surface area (Å²) in [5.74, 6) is 0.360. The number of hydrogen-bond acceptors (Lipinski definition) is 2. The van der Waals surface area contributed by atoms with E-state index in [1.807, 2.05) is 0 Å². The highest BCUT2D eigenvalue weighted by atomic mass is 127. The number of alkyl halides is 3. The summed E-state index contributed by atoms with van der Waals surface area (Å²) in [6, 6.07) is 5.99. The minimum Gasteiger partial charge on any atom is -0.405 e. The van der Waals surface area contributed by atoms with Gasteiger partial charge in [0.25, 0.3) is 0 Å². The monoisotopic (exact) mass is 403 g/mol. The number of benzene rings is 1. The van der Waals surface area contributed by atoms with Crippen molar-refractivity contribution in [1.82, 2.24) is 10.2 Å². The molecule has 0 radical (unpaired) electrons. The van der Waals surface area contributed by atoms with Gasteiger partial charge in [-0.15, -0.1) is 37.1 Å². The van der Waals surface area contributed by atoms with Crippen molar-refractivity contribution >= 4 is 29.9 Å². The van der Waals surface area contributed by atoms with Crippen molar-refractivity contribution in [2.45, 2.75) is 12.9 Å². The van der Waals surface area contributed by atoms with Crippen molar-refractivity contribution in [3.8, 4) is 5.75 Å². The number of para-hydroxylation sites is 1. The van der Waals surface area contributed by atoms with Crippen LogP contribution in [-0.4, -0.2) is 38.4 Å². The van der Waals surface area contributed by atoms with E-state index in [9.17, 15) is 13.2 Å². The molecule has 0 aliphatic carbocycles. The van der Waals surface area contributed by atoms with Gasteiger partial charge in [0.05, 0.1) is 0 Å². The standard InChI is InChI=1S/C12H16F3N3O.HI/c1-16-11(18(2)3)17-8-9-6-4-5-7-10(9)19-12(13,14)15;/h4-7H,8H2,1-3H3,(H,16,17);1H. The fraction of sp³-hybridized carbons (Fsp3) is 0.417. The molecule has 0 aliphatic heterocycles. The molecule has 0 saturated heterocycles. The first-order chi connectivity index (χ1) is 8.83. The Bertz CT molecular complexity index is 450. The lowest BCUT2D eigenvalue weighted by Gasteiger charge is -2.18. The van der Waals surface area contributed by atoms with Crippen LogP contribution >= 0.6 is 24.0 Å². The smallest absolute Gasteiger partial charge is 0.405 e. The van der Waals surface area contributed by atoms with Crippen molar-refractivity contribution in [2.75, 3.05) is 21.1 Å². The summed E-state index contributed by atoms with van der Waals surface area (Å²) in [5.41, 5.74) is 0.405. The van der Waals surface area contributed by atoms with Crippen LogP contribution in [0.2, 0.25) is 0 Å². The highest BCUT2D eigenvalue weighted by Crippen LogP contribution is 2.25. The summed E-state index contributed by atoms with van der Waals surface area (Å²) in [6.45, 7) is 0.192. The molecule has 0 fully saturated rings. The van der Waals surface area contributed by atoms with E-state index in [-0.39, 0.29) is 36.3 Å². The molecule has 0 unspecified atom stereocenters. The number of halogens is 4. The average molecular weight is 403 g/mol. The quantitative estimate of drug-likeness (QED) is 0.479. The molecule has 1 aromatic carbocycles. The fourth-order valence-corrected chi connectivity index (χ4v) is 1.49. The third-order valence-corrected chi connectivity index (χ3v) is 2.27. The summed E-state index contributed by atoms with van der Waals surface area (Å²) >= 11 is 0. The lowest BCUT2D eigenvalue weighted by atomic mass is 10.2. The molecule has 0 heterocycles. The zero-order chi connectivity index (χ0) is 14.5. The number of aliphatic imine (C=N–C) groups is 1. The summed E-state index contributed by atoms with van der Waals surface area (Å²) in [5, 5.41) is 2.94. The number of guanidine groups is 1. The third-order valence-electron chi connectivity index (χ3n) is 2.27. The molecule has 1 N–H and O–H groups in total. The molecule has 0 bridgehead atoms. The van der Waals surface area contributed by atoms with E-state index in [0.29, 0.717) is 11.5 Å². The van der Waals surface area contributed by atoms with Crippen LogP contribution in [0.4, 0.5) is 13.2 Å².